The molecule has 0 aromatic carbocycles. The van der Waals surface area contributed by atoms with E-state index in [-0.39, 0.29) is 5.97 Å². The monoisotopic (exact) mass is 233 g/mol. The van der Waals surface area contributed by atoms with Crippen molar-refractivity contribution in [1.29, 1.82) is 0 Å². The zero-order chi connectivity index (χ0) is 12.4. The summed E-state index contributed by atoms with van der Waals surface area (Å²) in [6.07, 6.45) is 5.01. The Labute approximate surface area is 99.5 Å². The summed E-state index contributed by atoms with van der Waals surface area (Å²) in [6, 6.07) is 0. The van der Waals surface area contributed by atoms with E-state index in [0.29, 0.717) is 23.9 Å². The number of ether oxygens (including phenoxy) is 1. The molecule has 0 aliphatic rings. The Morgan fingerprint density at radius 3 is 2.82 bits per heavy atom. The maximum Gasteiger partial charge on any atom is 0.356 e. The fourth-order valence-corrected chi connectivity index (χ4v) is 1.56. The maximum absolute atomic E-state index is 11.7. The summed E-state index contributed by atoms with van der Waals surface area (Å²) in [5.74, 6) is -0.0576. The predicted octanol–water partition coefficient (Wildman–Crippen LogP) is 2.03. The third-order valence-corrected chi connectivity index (χ3v) is 2.49. The number of fused-ring (bicyclic) bond motifs is 1. The van der Waals surface area contributed by atoms with E-state index in [1.807, 2.05) is 6.20 Å². The van der Waals surface area contributed by atoms with Crippen LogP contribution in [0.25, 0.3) is 5.65 Å². The zero-order valence-electron chi connectivity index (χ0n) is 10.2. The van der Waals surface area contributed by atoms with E-state index in [1.54, 1.807) is 17.5 Å². The maximum atomic E-state index is 11.7. The second-order valence-corrected chi connectivity index (χ2v) is 4.06. The highest BCUT2D eigenvalue weighted by Gasteiger charge is 2.14. The number of carbonyl (C=O) groups excluding carboxylic acids is 1. The predicted molar refractivity (Wildman–Crippen MR) is 63.0 cm³/mol. The van der Waals surface area contributed by atoms with Crippen LogP contribution < -0.4 is 0 Å². The average molecular weight is 233 g/mol. The fraction of sp³-hybridized carbons (Fsp3) is 0.417. The van der Waals surface area contributed by atoms with Gasteiger partial charge >= 0.3 is 5.97 Å². The van der Waals surface area contributed by atoms with Gasteiger partial charge < -0.3 is 4.74 Å². The molecule has 2 aromatic rings. The van der Waals surface area contributed by atoms with Crippen molar-refractivity contribution in [2.75, 3.05) is 6.61 Å². The first-order valence-corrected chi connectivity index (χ1v) is 5.63. The second kappa shape index (κ2) is 4.53. The third kappa shape index (κ3) is 2.13. The number of esters is 1. The minimum atomic E-state index is -0.360. The van der Waals surface area contributed by atoms with Crippen LogP contribution in [0.3, 0.4) is 0 Å². The topological polar surface area (TPSA) is 56.5 Å². The Kier molecular flexibility index (Phi) is 3.08. The molecule has 0 saturated carbocycles. The lowest BCUT2D eigenvalue weighted by Gasteiger charge is -2.06. The first-order valence-electron chi connectivity index (χ1n) is 5.63. The Hall–Kier alpha value is -1.91. The molecule has 0 aliphatic heterocycles. The second-order valence-electron chi connectivity index (χ2n) is 4.06. The highest BCUT2D eigenvalue weighted by molar-refractivity contribution is 5.88. The molecule has 0 unspecified atom stereocenters. The van der Waals surface area contributed by atoms with Crippen LogP contribution in [0, 0.1) is 0 Å². The first-order chi connectivity index (χ1) is 8.13. The summed E-state index contributed by atoms with van der Waals surface area (Å²) < 4.78 is 6.70. The van der Waals surface area contributed by atoms with E-state index in [9.17, 15) is 4.79 Å². The molecule has 0 saturated heterocycles. The highest BCUT2D eigenvalue weighted by atomic mass is 16.5. The molecule has 2 rings (SSSR count). The van der Waals surface area contributed by atoms with Crippen LogP contribution in [0.4, 0.5) is 0 Å². The number of hydrogen-bond donors (Lipinski definition) is 0. The lowest BCUT2D eigenvalue weighted by molar-refractivity contribution is 0.0518. The third-order valence-electron chi connectivity index (χ3n) is 2.49. The highest BCUT2D eigenvalue weighted by Crippen LogP contribution is 2.14. The molecule has 5 heteroatoms. The lowest BCUT2D eigenvalue weighted by atomic mass is 10.1. The van der Waals surface area contributed by atoms with E-state index >= 15 is 0 Å². The molecule has 0 spiro atoms. The van der Waals surface area contributed by atoms with Gasteiger partial charge in [-0.3, -0.25) is 9.38 Å². The van der Waals surface area contributed by atoms with Crippen LogP contribution in [-0.4, -0.2) is 26.9 Å². The van der Waals surface area contributed by atoms with Gasteiger partial charge in [0.15, 0.2) is 11.3 Å². The molecule has 5 nitrogen and oxygen atoms in total. The molecular formula is C12H15N3O2. The molecule has 17 heavy (non-hydrogen) atoms. The van der Waals surface area contributed by atoms with Crippen molar-refractivity contribution >= 4 is 11.6 Å². The van der Waals surface area contributed by atoms with Gasteiger partial charge in [-0.15, -0.1) is 0 Å². The van der Waals surface area contributed by atoms with Crippen LogP contribution in [0.15, 0.2) is 18.6 Å². The van der Waals surface area contributed by atoms with Crippen molar-refractivity contribution in [3.8, 4) is 0 Å². The smallest absolute Gasteiger partial charge is 0.356 e. The number of carbonyl (C=O) groups is 1. The molecule has 0 aliphatic carbocycles. The Balaban J connectivity index is 2.50. The van der Waals surface area contributed by atoms with Gasteiger partial charge in [-0.25, -0.2) is 9.78 Å². The van der Waals surface area contributed by atoms with Gasteiger partial charge in [0.2, 0.25) is 0 Å². The molecule has 0 atom stereocenters. The first kappa shape index (κ1) is 11.6. The van der Waals surface area contributed by atoms with Gasteiger partial charge in [0.25, 0.3) is 0 Å². The molecule has 0 N–H and O–H groups in total. The van der Waals surface area contributed by atoms with Crippen LogP contribution in [0.5, 0.6) is 0 Å². The van der Waals surface area contributed by atoms with Gasteiger partial charge in [-0.2, -0.15) is 0 Å². The zero-order valence-corrected chi connectivity index (χ0v) is 10.2. The summed E-state index contributed by atoms with van der Waals surface area (Å²) in [7, 11) is 0. The minimum absolute atomic E-state index is 0.303. The Bertz CT molecular complexity index is 546. The van der Waals surface area contributed by atoms with Crippen LogP contribution in [-0.2, 0) is 4.74 Å². The summed E-state index contributed by atoms with van der Waals surface area (Å²) >= 11 is 0. The quantitative estimate of drug-likeness (QED) is 0.761. The number of hydrogen-bond acceptors (Lipinski definition) is 4. The van der Waals surface area contributed by atoms with Crippen molar-refractivity contribution in [1.82, 2.24) is 14.4 Å². The van der Waals surface area contributed by atoms with E-state index in [1.165, 1.54) is 6.20 Å². The summed E-state index contributed by atoms with van der Waals surface area (Å²) in [4.78, 5) is 20.1. The van der Waals surface area contributed by atoms with Crippen molar-refractivity contribution in [3.63, 3.8) is 0 Å². The lowest BCUT2D eigenvalue weighted by Crippen LogP contribution is -2.08. The normalized spacial score (nSPS) is 11.1. The van der Waals surface area contributed by atoms with E-state index in [4.69, 9.17) is 4.74 Å². The Morgan fingerprint density at radius 1 is 1.41 bits per heavy atom. The average Bonchev–Trinajstić information content (AvgIpc) is 2.71. The molecular weight excluding hydrogens is 218 g/mol. The van der Waals surface area contributed by atoms with Crippen LogP contribution >= 0.6 is 0 Å². The molecule has 0 fully saturated rings. The van der Waals surface area contributed by atoms with Gasteiger partial charge in [-0.1, -0.05) is 13.8 Å². The molecule has 0 radical (unpaired) electrons. The van der Waals surface area contributed by atoms with E-state index in [0.717, 1.165) is 5.69 Å². The van der Waals surface area contributed by atoms with Crippen LogP contribution in [0.2, 0.25) is 0 Å². The largest absolute Gasteiger partial charge is 0.461 e. The standard InChI is InChI=1S/C12H15N3O2/c1-4-17-12(16)10-5-14-11-6-13-9(8(2)3)7-15(10)11/h5-8H,4H2,1-3H3. The fourth-order valence-electron chi connectivity index (χ4n) is 1.56. The molecule has 2 heterocycles. The van der Waals surface area contributed by atoms with Crippen molar-refractivity contribution in [3.05, 3.63) is 30.0 Å². The van der Waals surface area contributed by atoms with Crippen LogP contribution in [0.1, 0.15) is 42.9 Å². The van der Waals surface area contributed by atoms with Crippen molar-refractivity contribution in [2.24, 2.45) is 0 Å². The SMILES string of the molecule is CCOC(=O)c1cnc2cnc(C(C)C)cn12. The van der Waals surface area contributed by atoms with Gasteiger partial charge in [0.1, 0.15) is 0 Å². The van der Waals surface area contributed by atoms with E-state index in [2.05, 4.69) is 23.8 Å². The van der Waals surface area contributed by atoms with Crippen molar-refractivity contribution < 1.29 is 9.53 Å². The Morgan fingerprint density at radius 2 is 2.18 bits per heavy atom. The van der Waals surface area contributed by atoms with Gasteiger partial charge in [-0.05, 0) is 12.8 Å². The van der Waals surface area contributed by atoms with Gasteiger partial charge in [0, 0.05) is 6.20 Å². The summed E-state index contributed by atoms with van der Waals surface area (Å²) in [5, 5.41) is 0. The number of nitrogens with zero attached hydrogens (tertiary/aromatic N) is 3. The van der Waals surface area contributed by atoms with E-state index < -0.39 is 0 Å². The minimum Gasteiger partial charge on any atom is -0.461 e. The summed E-state index contributed by atoms with van der Waals surface area (Å²) in [5.41, 5.74) is 2.00. The number of imidazole rings is 1. The molecule has 0 bridgehead atoms. The molecule has 0 amide bonds. The molecule has 2 aromatic heterocycles. The van der Waals surface area contributed by atoms with Crippen molar-refractivity contribution in [2.45, 2.75) is 26.7 Å². The number of aromatic nitrogens is 3. The molecule has 90 valence electrons. The number of rotatable bonds is 3. The summed E-state index contributed by atoms with van der Waals surface area (Å²) in [6.45, 7) is 6.24. The van der Waals surface area contributed by atoms with Gasteiger partial charge in [0.05, 0.1) is 24.7 Å².